The first-order valence-electron chi connectivity index (χ1n) is 5.70. The number of rotatable bonds is 4. The molecule has 2 rings (SSSR count). The van der Waals surface area contributed by atoms with Gasteiger partial charge in [-0.3, -0.25) is 0 Å². The number of halogens is 2. The molecule has 1 aromatic heterocycles. The number of nitrogens with one attached hydrogen (secondary N) is 1. The van der Waals surface area contributed by atoms with E-state index in [0.29, 0.717) is 6.54 Å². The SMILES string of the molecule is CNCc1cnc(C)n1Cc1cc(F)cc(Br)c1. The Balaban J connectivity index is 2.30. The van der Waals surface area contributed by atoms with E-state index in [0.717, 1.165) is 28.1 Å². The van der Waals surface area contributed by atoms with Crippen molar-refractivity contribution < 1.29 is 4.39 Å². The van der Waals surface area contributed by atoms with Gasteiger partial charge in [0.25, 0.3) is 0 Å². The van der Waals surface area contributed by atoms with Gasteiger partial charge in [-0.15, -0.1) is 0 Å². The van der Waals surface area contributed by atoms with Crippen LogP contribution in [0.25, 0.3) is 0 Å². The number of nitrogens with zero attached hydrogens (tertiary/aromatic N) is 2. The van der Waals surface area contributed by atoms with E-state index in [2.05, 4.69) is 30.8 Å². The fraction of sp³-hybridized carbons (Fsp3) is 0.308. The van der Waals surface area contributed by atoms with E-state index in [4.69, 9.17) is 0 Å². The molecule has 2 aromatic rings. The summed E-state index contributed by atoms with van der Waals surface area (Å²) in [6.45, 7) is 3.32. The van der Waals surface area contributed by atoms with Gasteiger partial charge in [0.15, 0.2) is 0 Å². The van der Waals surface area contributed by atoms with Crippen molar-refractivity contribution in [3.8, 4) is 0 Å². The second-order valence-corrected chi connectivity index (χ2v) is 5.11. The fourth-order valence-corrected chi connectivity index (χ4v) is 2.45. The van der Waals surface area contributed by atoms with Crippen LogP contribution in [0.4, 0.5) is 4.39 Å². The van der Waals surface area contributed by atoms with Crippen molar-refractivity contribution in [2.24, 2.45) is 0 Å². The highest BCUT2D eigenvalue weighted by Crippen LogP contribution is 2.17. The number of hydrogen-bond donors (Lipinski definition) is 1. The first-order valence-corrected chi connectivity index (χ1v) is 6.50. The van der Waals surface area contributed by atoms with Gasteiger partial charge < -0.3 is 9.88 Å². The van der Waals surface area contributed by atoms with Gasteiger partial charge in [-0.05, 0) is 37.7 Å². The monoisotopic (exact) mass is 311 g/mol. The summed E-state index contributed by atoms with van der Waals surface area (Å²) >= 11 is 3.31. The van der Waals surface area contributed by atoms with E-state index in [1.807, 2.05) is 26.2 Å². The maximum absolute atomic E-state index is 13.3. The van der Waals surface area contributed by atoms with Crippen LogP contribution in [0.15, 0.2) is 28.9 Å². The minimum absolute atomic E-state index is 0.229. The zero-order valence-corrected chi connectivity index (χ0v) is 12.0. The lowest BCUT2D eigenvalue weighted by Crippen LogP contribution is -2.13. The first-order chi connectivity index (χ1) is 8.60. The summed E-state index contributed by atoms with van der Waals surface area (Å²) in [4.78, 5) is 4.29. The van der Waals surface area contributed by atoms with E-state index in [9.17, 15) is 4.39 Å². The van der Waals surface area contributed by atoms with E-state index in [1.165, 1.54) is 6.07 Å². The minimum Gasteiger partial charge on any atom is -0.327 e. The second-order valence-electron chi connectivity index (χ2n) is 4.19. The number of hydrogen-bond acceptors (Lipinski definition) is 2. The van der Waals surface area contributed by atoms with Crippen LogP contribution >= 0.6 is 15.9 Å². The van der Waals surface area contributed by atoms with Crippen LogP contribution in [0.3, 0.4) is 0 Å². The van der Waals surface area contributed by atoms with Crippen molar-refractivity contribution in [1.82, 2.24) is 14.9 Å². The molecular weight excluding hydrogens is 297 g/mol. The van der Waals surface area contributed by atoms with E-state index < -0.39 is 0 Å². The van der Waals surface area contributed by atoms with Crippen LogP contribution in [0, 0.1) is 12.7 Å². The number of benzene rings is 1. The van der Waals surface area contributed by atoms with E-state index in [1.54, 1.807) is 6.07 Å². The zero-order valence-electron chi connectivity index (χ0n) is 10.4. The normalized spacial score (nSPS) is 10.9. The molecule has 1 N–H and O–H groups in total. The molecule has 1 aromatic carbocycles. The summed E-state index contributed by atoms with van der Waals surface area (Å²) in [6, 6.07) is 4.93. The molecule has 0 bridgehead atoms. The summed E-state index contributed by atoms with van der Waals surface area (Å²) in [6.07, 6.45) is 1.85. The summed E-state index contributed by atoms with van der Waals surface area (Å²) in [7, 11) is 1.89. The standard InChI is InChI=1S/C13H15BrFN3/c1-9-17-7-13(6-16-2)18(9)8-10-3-11(14)5-12(15)4-10/h3-5,7,16H,6,8H2,1-2H3. The van der Waals surface area contributed by atoms with Crippen molar-refractivity contribution >= 4 is 15.9 Å². The quantitative estimate of drug-likeness (QED) is 0.941. The lowest BCUT2D eigenvalue weighted by Gasteiger charge is -2.10. The fourth-order valence-electron chi connectivity index (χ4n) is 1.94. The zero-order chi connectivity index (χ0) is 13.1. The molecule has 0 aliphatic carbocycles. The van der Waals surface area contributed by atoms with Crippen molar-refractivity contribution in [3.63, 3.8) is 0 Å². The average molecular weight is 312 g/mol. The Labute approximate surface area is 114 Å². The number of aryl methyl sites for hydroxylation is 1. The number of aromatic nitrogens is 2. The topological polar surface area (TPSA) is 29.9 Å². The van der Waals surface area contributed by atoms with Crippen LogP contribution in [0.2, 0.25) is 0 Å². The summed E-state index contributed by atoms with van der Waals surface area (Å²) in [5, 5.41) is 3.10. The molecule has 0 fully saturated rings. The maximum Gasteiger partial charge on any atom is 0.124 e. The molecule has 0 spiro atoms. The molecule has 0 saturated heterocycles. The molecule has 3 nitrogen and oxygen atoms in total. The molecule has 0 amide bonds. The molecule has 0 aliphatic heterocycles. The lowest BCUT2D eigenvalue weighted by atomic mass is 10.2. The van der Waals surface area contributed by atoms with Gasteiger partial charge in [0.1, 0.15) is 11.6 Å². The molecule has 0 unspecified atom stereocenters. The van der Waals surface area contributed by atoms with Gasteiger partial charge in [0, 0.05) is 23.8 Å². The predicted octanol–water partition coefficient (Wildman–Crippen LogP) is 2.86. The van der Waals surface area contributed by atoms with E-state index >= 15 is 0 Å². The lowest BCUT2D eigenvalue weighted by molar-refractivity contribution is 0.619. The molecule has 0 saturated carbocycles. The summed E-state index contributed by atoms with van der Waals surface area (Å²) in [5.74, 6) is 0.702. The summed E-state index contributed by atoms with van der Waals surface area (Å²) in [5.41, 5.74) is 2.01. The van der Waals surface area contributed by atoms with Crippen molar-refractivity contribution in [2.75, 3.05) is 7.05 Å². The molecule has 5 heteroatoms. The predicted molar refractivity (Wildman–Crippen MR) is 72.9 cm³/mol. The molecular formula is C13H15BrFN3. The highest BCUT2D eigenvalue weighted by Gasteiger charge is 2.07. The Morgan fingerprint density at radius 1 is 1.39 bits per heavy atom. The average Bonchev–Trinajstić information content (AvgIpc) is 2.61. The highest BCUT2D eigenvalue weighted by molar-refractivity contribution is 9.10. The minimum atomic E-state index is -0.229. The molecule has 18 heavy (non-hydrogen) atoms. The number of imidazole rings is 1. The maximum atomic E-state index is 13.3. The molecule has 0 radical (unpaired) electrons. The van der Waals surface area contributed by atoms with Crippen LogP contribution in [0.1, 0.15) is 17.1 Å². The second kappa shape index (κ2) is 5.63. The van der Waals surface area contributed by atoms with Crippen molar-refractivity contribution in [2.45, 2.75) is 20.0 Å². The molecule has 0 aliphatic rings. The smallest absolute Gasteiger partial charge is 0.124 e. The van der Waals surface area contributed by atoms with Crippen molar-refractivity contribution in [1.29, 1.82) is 0 Å². The van der Waals surface area contributed by atoms with Gasteiger partial charge in [0.05, 0.1) is 5.69 Å². The third kappa shape index (κ3) is 2.97. The Bertz CT molecular complexity index is 531. The largest absolute Gasteiger partial charge is 0.327 e. The Morgan fingerprint density at radius 2 is 2.17 bits per heavy atom. The van der Waals surface area contributed by atoms with Gasteiger partial charge >= 0.3 is 0 Å². The van der Waals surface area contributed by atoms with Crippen LogP contribution in [-0.4, -0.2) is 16.6 Å². The third-order valence-electron chi connectivity index (χ3n) is 2.76. The van der Waals surface area contributed by atoms with Crippen LogP contribution < -0.4 is 5.32 Å². The highest BCUT2D eigenvalue weighted by atomic mass is 79.9. The van der Waals surface area contributed by atoms with E-state index in [-0.39, 0.29) is 5.82 Å². The Kier molecular flexibility index (Phi) is 4.14. The summed E-state index contributed by atoms with van der Waals surface area (Å²) < 4.78 is 16.2. The molecule has 96 valence electrons. The van der Waals surface area contributed by atoms with Crippen LogP contribution in [0.5, 0.6) is 0 Å². The molecule has 0 atom stereocenters. The Morgan fingerprint density at radius 3 is 2.83 bits per heavy atom. The first kappa shape index (κ1) is 13.2. The third-order valence-corrected chi connectivity index (χ3v) is 3.22. The van der Waals surface area contributed by atoms with Gasteiger partial charge in [-0.2, -0.15) is 0 Å². The van der Waals surface area contributed by atoms with Crippen LogP contribution in [-0.2, 0) is 13.1 Å². The van der Waals surface area contributed by atoms with Gasteiger partial charge in [0.2, 0.25) is 0 Å². The van der Waals surface area contributed by atoms with Gasteiger partial charge in [-0.1, -0.05) is 15.9 Å². The van der Waals surface area contributed by atoms with Crippen molar-refractivity contribution in [3.05, 3.63) is 51.8 Å². The molecule has 1 heterocycles. The Hall–Kier alpha value is -1.20. The van der Waals surface area contributed by atoms with Gasteiger partial charge in [-0.25, -0.2) is 9.37 Å².